The molecule has 1 amide bonds. The third-order valence-electron chi connectivity index (χ3n) is 2.51. The van der Waals surface area contributed by atoms with E-state index >= 15 is 0 Å². The van der Waals surface area contributed by atoms with Gasteiger partial charge in [0.05, 0.1) is 5.69 Å². The fraction of sp³-hybridized carbons (Fsp3) is 0.333. The van der Waals surface area contributed by atoms with Crippen molar-refractivity contribution in [1.29, 1.82) is 0 Å². The minimum Gasteiger partial charge on any atom is -0.478 e. The molecule has 0 aliphatic carbocycles. The molecule has 1 aliphatic rings. The zero-order valence-electron chi connectivity index (χ0n) is 9.03. The van der Waals surface area contributed by atoms with E-state index in [1.807, 2.05) is 6.92 Å². The monoisotopic (exact) mass is 219 g/mol. The van der Waals surface area contributed by atoms with Crippen molar-refractivity contribution in [2.45, 2.75) is 25.9 Å². The van der Waals surface area contributed by atoms with E-state index in [0.717, 1.165) is 12.7 Å². The van der Waals surface area contributed by atoms with Crippen molar-refractivity contribution in [2.75, 3.05) is 5.32 Å². The van der Waals surface area contributed by atoms with Crippen molar-refractivity contribution in [1.82, 2.24) is 0 Å². The summed E-state index contributed by atoms with van der Waals surface area (Å²) in [6, 6.07) is 5.00. The average molecular weight is 219 g/mol. The second kappa shape index (κ2) is 4.35. The number of amides is 1. The van der Waals surface area contributed by atoms with E-state index in [1.54, 1.807) is 18.2 Å². The van der Waals surface area contributed by atoms with E-state index in [1.165, 1.54) is 0 Å². The quantitative estimate of drug-likeness (QED) is 0.791. The van der Waals surface area contributed by atoms with Crippen LogP contribution in [0.15, 0.2) is 18.2 Å². The van der Waals surface area contributed by atoms with Crippen LogP contribution < -0.4 is 10.1 Å². The molecule has 4 heteroatoms. The zero-order valence-corrected chi connectivity index (χ0v) is 9.03. The number of nitrogens with one attached hydrogen (secondary N) is 1. The number of carbonyl (C=O) groups excluding carboxylic acids is 2. The van der Waals surface area contributed by atoms with Crippen LogP contribution in [-0.4, -0.2) is 18.3 Å². The molecule has 84 valence electrons. The van der Waals surface area contributed by atoms with Crippen LogP contribution >= 0.6 is 0 Å². The van der Waals surface area contributed by atoms with Gasteiger partial charge in [0.15, 0.2) is 6.10 Å². The molecule has 1 heterocycles. The summed E-state index contributed by atoms with van der Waals surface area (Å²) in [5, 5.41) is 2.75. The molecule has 1 unspecified atom stereocenters. The van der Waals surface area contributed by atoms with Crippen molar-refractivity contribution < 1.29 is 14.3 Å². The molecule has 1 aromatic rings. The predicted octanol–water partition coefficient (Wildman–Crippen LogP) is 2.00. The number of rotatable bonds is 3. The minimum absolute atomic E-state index is 0.141. The van der Waals surface area contributed by atoms with Crippen LogP contribution in [0.5, 0.6) is 5.75 Å². The number of ether oxygens (including phenoxy) is 1. The Morgan fingerprint density at radius 3 is 3.00 bits per heavy atom. The number of hydrogen-bond donors (Lipinski definition) is 1. The van der Waals surface area contributed by atoms with Gasteiger partial charge < -0.3 is 10.1 Å². The maximum atomic E-state index is 11.6. The summed E-state index contributed by atoms with van der Waals surface area (Å²) in [4.78, 5) is 22.2. The first-order valence-corrected chi connectivity index (χ1v) is 5.31. The normalized spacial score (nSPS) is 18.3. The largest absolute Gasteiger partial charge is 0.478 e. The molecule has 2 rings (SSSR count). The van der Waals surface area contributed by atoms with E-state index in [0.29, 0.717) is 23.4 Å². The van der Waals surface area contributed by atoms with Crippen molar-refractivity contribution in [3.05, 3.63) is 23.8 Å². The van der Waals surface area contributed by atoms with Crippen LogP contribution in [0.4, 0.5) is 5.69 Å². The highest BCUT2D eigenvalue weighted by atomic mass is 16.5. The van der Waals surface area contributed by atoms with Gasteiger partial charge in [-0.3, -0.25) is 9.59 Å². The van der Waals surface area contributed by atoms with Crippen molar-refractivity contribution in [3.63, 3.8) is 0 Å². The Hall–Kier alpha value is -1.84. The molecule has 1 N–H and O–H groups in total. The molecule has 0 saturated carbocycles. The molecule has 0 bridgehead atoms. The van der Waals surface area contributed by atoms with Crippen LogP contribution in [0.3, 0.4) is 0 Å². The maximum absolute atomic E-state index is 11.6. The Morgan fingerprint density at radius 1 is 1.50 bits per heavy atom. The predicted molar refractivity (Wildman–Crippen MR) is 59.8 cm³/mol. The molecule has 4 nitrogen and oxygen atoms in total. The maximum Gasteiger partial charge on any atom is 0.265 e. The highest BCUT2D eigenvalue weighted by Crippen LogP contribution is 2.31. The van der Waals surface area contributed by atoms with E-state index in [9.17, 15) is 9.59 Å². The van der Waals surface area contributed by atoms with Gasteiger partial charge in [0.1, 0.15) is 12.0 Å². The van der Waals surface area contributed by atoms with Crippen LogP contribution in [0.2, 0.25) is 0 Å². The lowest BCUT2D eigenvalue weighted by atomic mass is 10.1. The van der Waals surface area contributed by atoms with Crippen LogP contribution in [0, 0.1) is 0 Å². The van der Waals surface area contributed by atoms with Gasteiger partial charge in [0.25, 0.3) is 5.91 Å². The molecule has 1 atom stereocenters. The van der Waals surface area contributed by atoms with Crippen molar-refractivity contribution >= 4 is 17.9 Å². The number of fused-ring (bicyclic) bond motifs is 1. The molecule has 0 spiro atoms. The topological polar surface area (TPSA) is 55.4 Å². The summed E-state index contributed by atoms with van der Waals surface area (Å²) in [7, 11) is 0. The van der Waals surface area contributed by atoms with Crippen LogP contribution in [0.1, 0.15) is 30.1 Å². The van der Waals surface area contributed by atoms with Gasteiger partial charge in [0, 0.05) is 5.56 Å². The van der Waals surface area contributed by atoms with Gasteiger partial charge in [-0.25, -0.2) is 0 Å². The lowest BCUT2D eigenvalue weighted by Gasteiger charge is -2.25. The summed E-state index contributed by atoms with van der Waals surface area (Å²) < 4.78 is 5.56. The molecule has 0 aromatic heterocycles. The molecular weight excluding hydrogens is 206 g/mol. The third-order valence-corrected chi connectivity index (χ3v) is 2.51. The summed E-state index contributed by atoms with van der Waals surface area (Å²) in [6.45, 7) is 2.00. The Labute approximate surface area is 93.6 Å². The number of aldehydes is 1. The highest BCUT2D eigenvalue weighted by molar-refractivity contribution is 5.98. The smallest absolute Gasteiger partial charge is 0.265 e. The van der Waals surface area contributed by atoms with E-state index < -0.39 is 6.10 Å². The number of carbonyl (C=O) groups is 2. The number of benzene rings is 1. The SMILES string of the molecule is CCCC1Oc2ccc(C=O)cc2NC1=O. The van der Waals surface area contributed by atoms with Gasteiger partial charge in [0.2, 0.25) is 0 Å². The first-order chi connectivity index (χ1) is 7.74. The van der Waals surface area contributed by atoms with Gasteiger partial charge in [-0.1, -0.05) is 13.3 Å². The van der Waals surface area contributed by atoms with Crippen molar-refractivity contribution in [3.8, 4) is 5.75 Å². The van der Waals surface area contributed by atoms with Gasteiger partial charge in [-0.05, 0) is 24.6 Å². The molecule has 0 saturated heterocycles. The molecular formula is C12H13NO3. The Balaban J connectivity index is 2.27. The highest BCUT2D eigenvalue weighted by Gasteiger charge is 2.26. The Kier molecular flexibility index (Phi) is 2.90. The summed E-state index contributed by atoms with van der Waals surface area (Å²) in [5.41, 5.74) is 1.10. The van der Waals surface area contributed by atoms with Crippen molar-refractivity contribution in [2.24, 2.45) is 0 Å². The van der Waals surface area contributed by atoms with E-state index in [-0.39, 0.29) is 5.91 Å². The molecule has 1 aromatic carbocycles. The standard InChI is InChI=1S/C12H13NO3/c1-2-3-11-12(15)13-9-6-8(7-14)4-5-10(9)16-11/h4-7,11H,2-3H2,1H3,(H,13,15). The fourth-order valence-electron chi connectivity index (χ4n) is 1.69. The van der Waals surface area contributed by atoms with Crippen LogP contribution in [-0.2, 0) is 4.79 Å². The first-order valence-electron chi connectivity index (χ1n) is 5.31. The first kappa shape index (κ1) is 10.7. The van der Waals surface area contributed by atoms with E-state index in [4.69, 9.17) is 4.74 Å². The third kappa shape index (κ3) is 1.91. The second-order valence-corrected chi connectivity index (χ2v) is 3.76. The Morgan fingerprint density at radius 2 is 2.31 bits per heavy atom. The minimum atomic E-state index is -0.417. The van der Waals surface area contributed by atoms with Gasteiger partial charge in [-0.15, -0.1) is 0 Å². The number of anilines is 1. The molecule has 0 radical (unpaired) electrons. The summed E-state index contributed by atoms with van der Waals surface area (Å²) >= 11 is 0. The molecule has 0 fully saturated rings. The van der Waals surface area contributed by atoms with Gasteiger partial charge >= 0.3 is 0 Å². The van der Waals surface area contributed by atoms with Crippen LogP contribution in [0.25, 0.3) is 0 Å². The average Bonchev–Trinajstić information content (AvgIpc) is 2.30. The van der Waals surface area contributed by atoms with E-state index in [2.05, 4.69) is 5.32 Å². The Bertz CT molecular complexity index is 428. The van der Waals surface area contributed by atoms with Gasteiger partial charge in [-0.2, -0.15) is 0 Å². The number of hydrogen-bond acceptors (Lipinski definition) is 3. The zero-order chi connectivity index (χ0) is 11.5. The second-order valence-electron chi connectivity index (χ2n) is 3.76. The summed E-state index contributed by atoms with van der Waals surface area (Å²) in [5.74, 6) is 0.487. The lowest BCUT2D eigenvalue weighted by molar-refractivity contribution is -0.123. The summed E-state index contributed by atoms with van der Waals surface area (Å²) in [6.07, 6.45) is 1.91. The fourth-order valence-corrected chi connectivity index (χ4v) is 1.69. The molecule has 1 aliphatic heterocycles. The molecule has 16 heavy (non-hydrogen) atoms. The lowest BCUT2D eigenvalue weighted by Crippen LogP contribution is -2.36.